The van der Waals surface area contributed by atoms with Crippen molar-refractivity contribution < 1.29 is 9.53 Å². The van der Waals surface area contributed by atoms with Gasteiger partial charge in [-0.2, -0.15) is 0 Å². The van der Waals surface area contributed by atoms with Crippen molar-refractivity contribution in [3.8, 4) is 0 Å². The summed E-state index contributed by atoms with van der Waals surface area (Å²) in [4.78, 5) is 12.7. The standard InChI is InChI=1S/C17H26BrNO2/c1-4-13(2)16(14-8-6-5-7-9-14)17(20)19-15(10-11-18)12-21-3/h5-9,13,15-16H,4,10-12H2,1-3H3,(H,19,20). The average Bonchev–Trinajstić information content (AvgIpc) is 2.49. The van der Waals surface area contributed by atoms with Crippen LogP contribution in [0.5, 0.6) is 0 Å². The van der Waals surface area contributed by atoms with E-state index in [1.165, 1.54) is 0 Å². The van der Waals surface area contributed by atoms with Crippen LogP contribution in [0.4, 0.5) is 0 Å². The van der Waals surface area contributed by atoms with Gasteiger partial charge in [0.1, 0.15) is 0 Å². The zero-order valence-corrected chi connectivity index (χ0v) is 14.7. The van der Waals surface area contributed by atoms with Crippen molar-refractivity contribution in [2.24, 2.45) is 5.92 Å². The monoisotopic (exact) mass is 355 g/mol. The minimum Gasteiger partial charge on any atom is -0.383 e. The molecule has 1 rings (SSSR count). The summed E-state index contributed by atoms with van der Waals surface area (Å²) < 4.78 is 5.19. The van der Waals surface area contributed by atoms with Crippen molar-refractivity contribution in [2.45, 2.75) is 38.6 Å². The summed E-state index contributed by atoms with van der Waals surface area (Å²) in [5.74, 6) is 0.295. The highest BCUT2D eigenvalue weighted by atomic mass is 79.9. The van der Waals surface area contributed by atoms with E-state index in [4.69, 9.17) is 4.74 Å². The van der Waals surface area contributed by atoms with E-state index in [2.05, 4.69) is 35.1 Å². The van der Waals surface area contributed by atoms with Gasteiger partial charge in [-0.05, 0) is 17.9 Å². The van der Waals surface area contributed by atoms with Crippen LogP contribution in [-0.4, -0.2) is 31.0 Å². The van der Waals surface area contributed by atoms with E-state index in [0.717, 1.165) is 23.7 Å². The van der Waals surface area contributed by atoms with Gasteiger partial charge >= 0.3 is 0 Å². The zero-order valence-electron chi connectivity index (χ0n) is 13.1. The molecule has 3 atom stereocenters. The maximum Gasteiger partial charge on any atom is 0.228 e. The fourth-order valence-corrected chi connectivity index (χ4v) is 3.01. The van der Waals surface area contributed by atoms with Crippen LogP contribution in [0.15, 0.2) is 30.3 Å². The van der Waals surface area contributed by atoms with Crippen molar-refractivity contribution >= 4 is 21.8 Å². The molecule has 3 unspecified atom stereocenters. The summed E-state index contributed by atoms with van der Waals surface area (Å²) in [5, 5.41) is 3.99. The van der Waals surface area contributed by atoms with Crippen LogP contribution in [0.3, 0.4) is 0 Å². The number of alkyl halides is 1. The number of methoxy groups -OCH3 is 1. The Labute approximate surface area is 136 Å². The van der Waals surface area contributed by atoms with Crippen molar-refractivity contribution in [2.75, 3.05) is 19.0 Å². The minimum atomic E-state index is -0.106. The molecule has 0 fully saturated rings. The Hall–Kier alpha value is -0.870. The van der Waals surface area contributed by atoms with Crippen LogP contribution in [0.2, 0.25) is 0 Å². The molecule has 3 nitrogen and oxygen atoms in total. The van der Waals surface area contributed by atoms with E-state index in [0.29, 0.717) is 12.5 Å². The maximum atomic E-state index is 12.7. The van der Waals surface area contributed by atoms with Crippen molar-refractivity contribution in [3.63, 3.8) is 0 Å². The van der Waals surface area contributed by atoms with Gasteiger partial charge in [-0.1, -0.05) is 66.5 Å². The normalized spacial score (nSPS) is 15.2. The van der Waals surface area contributed by atoms with Crippen LogP contribution in [0.25, 0.3) is 0 Å². The highest BCUT2D eigenvalue weighted by Gasteiger charge is 2.27. The van der Waals surface area contributed by atoms with E-state index in [-0.39, 0.29) is 17.9 Å². The first-order valence-electron chi connectivity index (χ1n) is 7.54. The molecular weight excluding hydrogens is 330 g/mol. The topological polar surface area (TPSA) is 38.3 Å². The largest absolute Gasteiger partial charge is 0.383 e. The lowest BCUT2D eigenvalue weighted by molar-refractivity contribution is -0.124. The van der Waals surface area contributed by atoms with Crippen LogP contribution < -0.4 is 5.32 Å². The third kappa shape index (κ3) is 5.79. The number of ether oxygens (including phenoxy) is 1. The van der Waals surface area contributed by atoms with Gasteiger partial charge in [-0.3, -0.25) is 4.79 Å². The first kappa shape index (κ1) is 18.2. The smallest absolute Gasteiger partial charge is 0.228 e. The van der Waals surface area contributed by atoms with Gasteiger partial charge in [-0.25, -0.2) is 0 Å². The molecule has 1 amide bonds. The number of rotatable bonds is 9. The number of benzene rings is 1. The first-order valence-corrected chi connectivity index (χ1v) is 8.66. The number of nitrogens with one attached hydrogen (secondary N) is 1. The van der Waals surface area contributed by atoms with E-state index in [1.807, 2.05) is 30.3 Å². The number of halogens is 1. The van der Waals surface area contributed by atoms with E-state index in [9.17, 15) is 4.79 Å². The van der Waals surface area contributed by atoms with Gasteiger partial charge in [0.05, 0.1) is 18.6 Å². The molecule has 4 heteroatoms. The molecule has 0 radical (unpaired) electrons. The summed E-state index contributed by atoms with van der Waals surface area (Å²) in [5.41, 5.74) is 1.08. The molecule has 0 spiro atoms. The molecule has 0 bridgehead atoms. The van der Waals surface area contributed by atoms with Gasteiger partial charge in [0.15, 0.2) is 0 Å². The second kappa shape index (κ2) is 9.96. The number of amides is 1. The number of carbonyl (C=O) groups excluding carboxylic acids is 1. The summed E-state index contributed by atoms with van der Waals surface area (Å²) in [7, 11) is 1.66. The van der Waals surface area contributed by atoms with E-state index < -0.39 is 0 Å². The van der Waals surface area contributed by atoms with Gasteiger partial charge in [0.2, 0.25) is 5.91 Å². The van der Waals surface area contributed by atoms with E-state index >= 15 is 0 Å². The molecule has 0 aromatic heterocycles. The van der Waals surface area contributed by atoms with Crippen LogP contribution in [-0.2, 0) is 9.53 Å². The quantitative estimate of drug-likeness (QED) is 0.685. The SMILES string of the molecule is CCC(C)C(C(=O)NC(CCBr)COC)c1ccccc1. The summed E-state index contributed by atoms with van der Waals surface area (Å²) in [6.07, 6.45) is 1.84. The van der Waals surface area contributed by atoms with Gasteiger partial charge < -0.3 is 10.1 Å². The fourth-order valence-electron chi connectivity index (χ4n) is 2.46. The Balaban J connectivity index is 2.85. The van der Waals surface area contributed by atoms with Crippen LogP contribution >= 0.6 is 15.9 Å². The summed E-state index contributed by atoms with van der Waals surface area (Å²) in [6.45, 7) is 4.80. The molecular formula is C17H26BrNO2. The molecule has 21 heavy (non-hydrogen) atoms. The van der Waals surface area contributed by atoms with Gasteiger partial charge in [0.25, 0.3) is 0 Å². The van der Waals surface area contributed by atoms with E-state index in [1.54, 1.807) is 7.11 Å². The molecule has 0 saturated carbocycles. The zero-order chi connectivity index (χ0) is 15.7. The molecule has 118 valence electrons. The first-order chi connectivity index (χ1) is 10.1. The second-order valence-electron chi connectivity index (χ2n) is 5.41. The van der Waals surface area contributed by atoms with Crippen molar-refractivity contribution in [3.05, 3.63) is 35.9 Å². The van der Waals surface area contributed by atoms with Gasteiger partial charge in [-0.15, -0.1) is 0 Å². The van der Waals surface area contributed by atoms with Crippen LogP contribution in [0.1, 0.15) is 38.2 Å². The third-order valence-corrected chi connectivity index (χ3v) is 4.28. The molecule has 1 N–H and O–H groups in total. The predicted molar refractivity (Wildman–Crippen MR) is 90.9 cm³/mol. The Kier molecular flexibility index (Phi) is 8.62. The third-order valence-electron chi connectivity index (χ3n) is 3.83. The molecule has 0 saturated heterocycles. The predicted octanol–water partition coefficient (Wildman–Crippen LogP) is 3.73. The average molecular weight is 356 g/mol. The lowest BCUT2D eigenvalue weighted by Gasteiger charge is -2.26. The summed E-state index contributed by atoms with van der Waals surface area (Å²) >= 11 is 3.43. The second-order valence-corrected chi connectivity index (χ2v) is 6.21. The van der Waals surface area contributed by atoms with Crippen molar-refractivity contribution in [1.29, 1.82) is 0 Å². The molecule has 0 heterocycles. The number of hydrogen-bond donors (Lipinski definition) is 1. The lowest BCUT2D eigenvalue weighted by Crippen LogP contribution is -2.42. The number of carbonyl (C=O) groups is 1. The minimum absolute atomic E-state index is 0.0529. The molecule has 0 aliphatic rings. The van der Waals surface area contributed by atoms with Crippen LogP contribution in [0, 0.1) is 5.92 Å². The fraction of sp³-hybridized carbons (Fsp3) is 0.588. The Morgan fingerprint density at radius 2 is 2.00 bits per heavy atom. The number of hydrogen-bond acceptors (Lipinski definition) is 2. The highest BCUT2D eigenvalue weighted by molar-refractivity contribution is 9.09. The molecule has 1 aromatic rings. The molecule has 0 aliphatic heterocycles. The molecule has 1 aromatic carbocycles. The van der Waals surface area contributed by atoms with Gasteiger partial charge in [0, 0.05) is 12.4 Å². The Morgan fingerprint density at radius 1 is 1.33 bits per heavy atom. The molecule has 0 aliphatic carbocycles. The Bertz CT molecular complexity index is 405. The lowest BCUT2D eigenvalue weighted by atomic mass is 9.84. The highest BCUT2D eigenvalue weighted by Crippen LogP contribution is 2.27. The maximum absolute atomic E-state index is 12.7. The summed E-state index contributed by atoms with van der Waals surface area (Å²) in [6, 6.07) is 10.1. The van der Waals surface area contributed by atoms with Crippen molar-refractivity contribution in [1.82, 2.24) is 5.32 Å². The Morgan fingerprint density at radius 3 is 2.52 bits per heavy atom.